The largest absolute Gasteiger partial charge is 0.493 e. The van der Waals surface area contributed by atoms with E-state index >= 15 is 0 Å². The number of halogens is 3. The van der Waals surface area contributed by atoms with E-state index in [1.807, 2.05) is 9.30 Å². The third kappa shape index (κ3) is 4.63. The lowest BCUT2D eigenvalue weighted by Crippen LogP contribution is -2.43. The Kier molecular flexibility index (Phi) is 6.29. The summed E-state index contributed by atoms with van der Waals surface area (Å²) >= 11 is 0. The molecule has 3 fully saturated rings. The van der Waals surface area contributed by atoms with Crippen molar-refractivity contribution in [2.45, 2.75) is 44.3 Å². The van der Waals surface area contributed by atoms with E-state index in [9.17, 15) is 22.8 Å². The normalized spacial score (nSPS) is 22.8. The van der Waals surface area contributed by atoms with Gasteiger partial charge in [-0.3, -0.25) is 14.0 Å². The number of rotatable bonds is 6. The first-order valence-corrected chi connectivity index (χ1v) is 14.2. The van der Waals surface area contributed by atoms with Crippen LogP contribution >= 0.6 is 0 Å². The van der Waals surface area contributed by atoms with E-state index in [0.29, 0.717) is 41.0 Å². The van der Waals surface area contributed by atoms with E-state index < -0.39 is 17.6 Å². The molecule has 2 aliphatic heterocycles. The van der Waals surface area contributed by atoms with Crippen molar-refractivity contribution in [3.8, 4) is 17.0 Å². The van der Waals surface area contributed by atoms with Crippen LogP contribution in [0.1, 0.15) is 53.8 Å². The van der Waals surface area contributed by atoms with Gasteiger partial charge in [0.15, 0.2) is 0 Å². The number of nitrogens with two attached hydrogens (primary N) is 1. The summed E-state index contributed by atoms with van der Waals surface area (Å²) < 4.78 is 47.2. The fourth-order valence-corrected chi connectivity index (χ4v) is 6.60. The summed E-state index contributed by atoms with van der Waals surface area (Å²) in [6, 6.07) is 6.65. The minimum Gasteiger partial charge on any atom is -0.493 e. The molecule has 1 aromatic carbocycles. The Morgan fingerprint density at radius 1 is 1.16 bits per heavy atom. The minimum atomic E-state index is -4.57. The highest BCUT2D eigenvalue weighted by atomic mass is 19.4. The van der Waals surface area contributed by atoms with E-state index in [-0.39, 0.29) is 41.5 Å². The maximum absolute atomic E-state index is 13.1. The molecule has 4 unspecified atom stereocenters. The Bertz CT molecular complexity index is 1770. The van der Waals surface area contributed by atoms with Gasteiger partial charge in [0, 0.05) is 54.1 Å². The molecule has 3 aromatic heterocycles. The summed E-state index contributed by atoms with van der Waals surface area (Å²) in [5, 5.41) is 2.43. The number of imidazole rings is 1. The lowest BCUT2D eigenvalue weighted by atomic mass is 9.91. The van der Waals surface area contributed by atoms with Crippen LogP contribution in [0.4, 0.5) is 24.8 Å². The number of carbonyl (C=O) groups excluding carboxylic acids is 2. The molecule has 43 heavy (non-hydrogen) atoms. The van der Waals surface area contributed by atoms with Crippen molar-refractivity contribution in [1.29, 1.82) is 0 Å². The van der Waals surface area contributed by atoms with Gasteiger partial charge >= 0.3 is 6.18 Å². The summed E-state index contributed by atoms with van der Waals surface area (Å²) in [5.41, 5.74) is 7.29. The van der Waals surface area contributed by atoms with Gasteiger partial charge in [-0.25, -0.2) is 15.0 Å². The van der Waals surface area contributed by atoms with Crippen LogP contribution in [-0.4, -0.2) is 55.3 Å². The molecule has 3 aliphatic rings. The molecule has 5 heterocycles. The second kappa shape index (κ2) is 9.96. The Balaban J connectivity index is 1.23. The molecule has 222 valence electrons. The SMILES string of the molecule is CCOc1cc(C(=O)Nc2cc(C(F)(F)F)ccn2)ccc1-c1nc(C2CCC3C4CC4C(=O)N3C2)n2ccnc(N)c12. The Morgan fingerprint density at radius 2 is 2.00 bits per heavy atom. The zero-order chi connectivity index (χ0) is 30.0. The molecule has 0 spiro atoms. The van der Waals surface area contributed by atoms with Crippen LogP contribution in [0.2, 0.25) is 0 Å². The molecule has 2 amide bonds. The third-order valence-electron chi connectivity index (χ3n) is 8.67. The maximum atomic E-state index is 13.1. The van der Waals surface area contributed by atoms with Crippen molar-refractivity contribution in [3.05, 3.63) is 65.9 Å². The highest BCUT2D eigenvalue weighted by Gasteiger charge is 2.59. The average molecular weight is 592 g/mol. The fourth-order valence-electron chi connectivity index (χ4n) is 6.60. The molecule has 2 saturated heterocycles. The van der Waals surface area contributed by atoms with E-state index in [0.717, 1.165) is 43.4 Å². The minimum absolute atomic E-state index is 0.00121. The van der Waals surface area contributed by atoms with Gasteiger partial charge in [0.05, 0.1) is 12.2 Å². The van der Waals surface area contributed by atoms with Crippen LogP contribution < -0.4 is 15.8 Å². The fraction of sp³-hybridized carbons (Fsp3) is 0.367. The molecule has 10 nitrogen and oxygen atoms in total. The molecular formula is C30H28F3N7O3. The number of carbonyl (C=O) groups is 2. The van der Waals surface area contributed by atoms with Crippen molar-refractivity contribution in [2.24, 2.45) is 11.8 Å². The number of hydrogen-bond acceptors (Lipinski definition) is 7. The number of alkyl halides is 3. The summed E-state index contributed by atoms with van der Waals surface area (Å²) in [6.07, 6.45) is 2.65. The Morgan fingerprint density at radius 3 is 2.79 bits per heavy atom. The van der Waals surface area contributed by atoms with Crippen LogP contribution in [-0.2, 0) is 11.0 Å². The van der Waals surface area contributed by atoms with Gasteiger partial charge in [0.2, 0.25) is 5.91 Å². The number of ether oxygens (including phenoxy) is 1. The number of pyridine rings is 1. The van der Waals surface area contributed by atoms with E-state index in [1.54, 1.807) is 31.5 Å². The van der Waals surface area contributed by atoms with Crippen LogP contribution in [0.5, 0.6) is 5.75 Å². The van der Waals surface area contributed by atoms with Crippen molar-refractivity contribution in [1.82, 2.24) is 24.3 Å². The number of nitrogen functional groups attached to an aromatic ring is 1. The van der Waals surface area contributed by atoms with Gasteiger partial charge in [-0.2, -0.15) is 13.2 Å². The molecule has 3 N–H and O–H groups in total. The molecule has 13 heteroatoms. The first kappa shape index (κ1) is 27.2. The number of benzene rings is 1. The number of nitrogens with zero attached hydrogens (tertiary/aromatic N) is 5. The van der Waals surface area contributed by atoms with Crippen molar-refractivity contribution in [3.63, 3.8) is 0 Å². The summed E-state index contributed by atoms with van der Waals surface area (Å²) in [7, 11) is 0. The number of amides is 2. The lowest BCUT2D eigenvalue weighted by molar-refractivity contribution is -0.137. The molecule has 1 saturated carbocycles. The summed E-state index contributed by atoms with van der Waals surface area (Å²) in [4.78, 5) is 41.1. The van der Waals surface area contributed by atoms with E-state index in [1.165, 1.54) is 6.07 Å². The second-order valence-electron chi connectivity index (χ2n) is 11.2. The smallest absolute Gasteiger partial charge is 0.416 e. The number of fused-ring (bicyclic) bond motifs is 4. The Hall–Kier alpha value is -4.68. The van der Waals surface area contributed by atoms with Gasteiger partial charge in [-0.1, -0.05) is 0 Å². The first-order chi connectivity index (χ1) is 20.6. The number of hydrogen-bond donors (Lipinski definition) is 2. The van der Waals surface area contributed by atoms with Gasteiger partial charge < -0.3 is 20.7 Å². The van der Waals surface area contributed by atoms with Crippen molar-refractivity contribution < 1.29 is 27.5 Å². The number of aromatic nitrogens is 4. The van der Waals surface area contributed by atoms with E-state index in [4.69, 9.17) is 15.5 Å². The quantitative estimate of drug-likeness (QED) is 0.331. The molecule has 0 radical (unpaired) electrons. The van der Waals surface area contributed by atoms with Gasteiger partial charge in [0.25, 0.3) is 5.91 Å². The van der Waals surface area contributed by atoms with Crippen LogP contribution in [0, 0.1) is 11.8 Å². The van der Waals surface area contributed by atoms with E-state index in [2.05, 4.69) is 15.3 Å². The molecule has 4 atom stereocenters. The standard InChI is InChI=1S/C30H28F3N7O3/c1-2-43-22-11-15(28(41)37-23-12-17(7-8-35-23)30(31,32)33)3-5-18(22)24-25-26(34)36-9-10-39(25)27(38-24)16-4-6-21-19-13-20(19)29(42)40(21)14-16/h3,5,7-12,16,19-21H,2,4,6,13-14H2,1H3,(H2,34,36)(H,35,37,41). The van der Waals surface area contributed by atoms with Crippen LogP contribution in [0.3, 0.4) is 0 Å². The van der Waals surface area contributed by atoms with Crippen LogP contribution in [0.25, 0.3) is 16.8 Å². The van der Waals surface area contributed by atoms with Crippen LogP contribution in [0.15, 0.2) is 48.9 Å². The topological polar surface area (TPSA) is 128 Å². The van der Waals surface area contributed by atoms with Gasteiger partial charge in [-0.15, -0.1) is 0 Å². The Labute approximate surface area is 244 Å². The summed E-state index contributed by atoms with van der Waals surface area (Å²) in [5.74, 6) is 1.43. The van der Waals surface area contributed by atoms with Gasteiger partial charge in [0.1, 0.15) is 34.4 Å². The second-order valence-corrected chi connectivity index (χ2v) is 11.2. The van der Waals surface area contributed by atoms with Crippen molar-refractivity contribution >= 4 is 29.0 Å². The predicted molar refractivity (Wildman–Crippen MR) is 150 cm³/mol. The zero-order valence-electron chi connectivity index (χ0n) is 23.1. The summed E-state index contributed by atoms with van der Waals surface area (Å²) in [6.45, 7) is 2.67. The number of anilines is 2. The molecule has 1 aliphatic carbocycles. The monoisotopic (exact) mass is 591 g/mol. The zero-order valence-corrected chi connectivity index (χ0v) is 23.1. The maximum Gasteiger partial charge on any atom is 0.416 e. The van der Waals surface area contributed by atoms with Crippen molar-refractivity contribution in [2.75, 3.05) is 24.2 Å². The number of piperidine rings is 2. The molecule has 7 rings (SSSR count). The highest BCUT2D eigenvalue weighted by molar-refractivity contribution is 6.04. The molecule has 4 aromatic rings. The first-order valence-electron chi connectivity index (χ1n) is 14.2. The highest BCUT2D eigenvalue weighted by Crippen LogP contribution is 2.54. The van der Waals surface area contributed by atoms with Gasteiger partial charge in [-0.05, 0) is 62.4 Å². The average Bonchev–Trinajstić information content (AvgIpc) is 3.61. The molecular weight excluding hydrogens is 563 g/mol. The predicted octanol–water partition coefficient (Wildman–Crippen LogP) is 4.77. The molecule has 0 bridgehead atoms. The lowest BCUT2D eigenvalue weighted by Gasteiger charge is -2.36. The third-order valence-corrected chi connectivity index (χ3v) is 8.67. The number of nitrogens with one attached hydrogen (secondary N) is 1.